The van der Waals surface area contributed by atoms with Gasteiger partial charge in [0.15, 0.2) is 5.78 Å². The van der Waals surface area contributed by atoms with Gasteiger partial charge in [0.2, 0.25) is 0 Å². The molecule has 0 bridgehead atoms. The maximum atomic E-state index is 12.2. The summed E-state index contributed by atoms with van der Waals surface area (Å²) < 4.78 is 0. The van der Waals surface area contributed by atoms with Crippen molar-refractivity contribution in [1.29, 1.82) is 0 Å². The van der Waals surface area contributed by atoms with E-state index in [1.807, 2.05) is 6.08 Å². The van der Waals surface area contributed by atoms with Crippen molar-refractivity contribution in [3.8, 4) is 0 Å². The smallest absolute Gasteiger partial charge is 0.156 e. The summed E-state index contributed by atoms with van der Waals surface area (Å²) in [5.74, 6) is 1.79. The maximum Gasteiger partial charge on any atom is 0.156 e. The van der Waals surface area contributed by atoms with Crippen molar-refractivity contribution in [3.05, 3.63) is 11.6 Å². The molecule has 0 unspecified atom stereocenters. The number of fused-ring (bicyclic) bond motifs is 5. The van der Waals surface area contributed by atoms with Gasteiger partial charge in [-0.15, -0.1) is 0 Å². The van der Waals surface area contributed by atoms with E-state index in [4.69, 9.17) is 0 Å². The van der Waals surface area contributed by atoms with Gasteiger partial charge in [-0.25, -0.2) is 0 Å². The Hall–Kier alpha value is -0.960. The third-order valence-electron chi connectivity index (χ3n) is 8.08. The predicted molar refractivity (Wildman–Crippen MR) is 87.7 cm³/mol. The van der Waals surface area contributed by atoms with Crippen molar-refractivity contribution >= 4 is 11.6 Å². The van der Waals surface area contributed by atoms with Gasteiger partial charge in [-0.1, -0.05) is 19.4 Å². The Balaban J connectivity index is 1.69. The average Bonchev–Trinajstić information content (AvgIpc) is 2.89. The highest BCUT2D eigenvalue weighted by Gasteiger charge is 2.62. The molecule has 4 aliphatic carbocycles. The summed E-state index contributed by atoms with van der Waals surface area (Å²) in [6.45, 7) is 6.17. The number of ketones is 2. The quantitative estimate of drug-likeness (QED) is 0.807. The minimum absolute atomic E-state index is 0.0423. The minimum atomic E-state index is -0.476. The van der Waals surface area contributed by atoms with E-state index in [-0.39, 0.29) is 22.5 Å². The van der Waals surface area contributed by atoms with Gasteiger partial charge in [-0.3, -0.25) is 9.59 Å². The summed E-state index contributed by atoms with van der Waals surface area (Å²) in [4.78, 5) is 24.2. The third-order valence-corrected chi connectivity index (χ3v) is 8.08. The van der Waals surface area contributed by atoms with Crippen LogP contribution in [0, 0.1) is 34.5 Å². The highest BCUT2D eigenvalue weighted by molar-refractivity contribution is 5.94. The summed E-state index contributed by atoms with van der Waals surface area (Å²) in [6.07, 6.45) is 7.12. The molecule has 126 valence electrons. The molecule has 4 aliphatic rings. The lowest BCUT2D eigenvalue weighted by molar-refractivity contribution is -0.130. The topological polar surface area (TPSA) is 54.4 Å². The fourth-order valence-electron chi connectivity index (χ4n) is 7.16. The van der Waals surface area contributed by atoms with Crippen molar-refractivity contribution in [3.63, 3.8) is 0 Å². The first-order valence-electron chi connectivity index (χ1n) is 9.20. The van der Waals surface area contributed by atoms with E-state index < -0.39 is 6.10 Å². The lowest BCUT2D eigenvalue weighted by Crippen LogP contribution is -2.49. The van der Waals surface area contributed by atoms with Gasteiger partial charge in [-0.2, -0.15) is 0 Å². The molecule has 1 N–H and O–H groups in total. The van der Waals surface area contributed by atoms with Gasteiger partial charge in [0.1, 0.15) is 5.78 Å². The van der Waals surface area contributed by atoms with Crippen LogP contribution in [0.1, 0.15) is 59.3 Å². The molecule has 3 saturated carbocycles. The Morgan fingerprint density at radius 1 is 1.26 bits per heavy atom. The first-order valence-corrected chi connectivity index (χ1v) is 9.20. The van der Waals surface area contributed by atoms with Crippen LogP contribution in [0.5, 0.6) is 0 Å². The van der Waals surface area contributed by atoms with Crippen LogP contribution >= 0.6 is 0 Å². The van der Waals surface area contributed by atoms with Crippen LogP contribution in [0.2, 0.25) is 0 Å². The Morgan fingerprint density at radius 3 is 2.70 bits per heavy atom. The highest BCUT2D eigenvalue weighted by Crippen LogP contribution is 2.66. The van der Waals surface area contributed by atoms with Crippen LogP contribution in [-0.4, -0.2) is 22.8 Å². The zero-order chi connectivity index (χ0) is 16.6. The fourth-order valence-corrected chi connectivity index (χ4v) is 7.16. The molecule has 7 atom stereocenters. The molecule has 3 fully saturated rings. The van der Waals surface area contributed by atoms with Crippen LogP contribution in [0.4, 0.5) is 0 Å². The Kier molecular flexibility index (Phi) is 3.23. The molecule has 0 aliphatic heterocycles. The van der Waals surface area contributed by atoms with Gasteiger partial charge >= 0.3 is 0 Å². The zero-order valence-corrected chi connectivity index (χ0v) is 14.5. The number of rotatable bonds is 1. The van der Waals surface area contributed by atoms with E-state index in [0.29, 0.717) is 30.0 Å². The average molecular weight is 316 g/mol. The molecule has 0 heterocycles. The summed E-state index contributed by atoms with van der Waals surface area (Å²) in [5, 5.41) is 10.6. The zero-order valence-electron chi connectivity index (χ0n) is 14.5. The first-order chi connectivity index (χ1) is 10.8. The van der Waals surface area contributed by atoms with Crippen LogP contribution < -0.4 is 0 Å². The van der Waals surface area contributed by atoms with E-state index in [1.165, 1.54) is 5.57 Å². The largest absolute Gasteiger partial charge is 0.392 e. The molecular weight excluding hydrogens is 288 g/mol. The van der Waals surface area contributed by atoms with E-state index >= 15 is 0 Å². The van der Waals surface area contributed by atoms with Crippen molar-refractivity contribution in [1.82, 2.24) is 0 Å². The molecule has 23 heavy (non-hydrogen) atoms. The first kappa shape index (κ1) is 15.6. The molecule has 3 heteroatoms. The van der Waals surface area contributed by atoms with Gasteiger partial charge in [0.05, 0.1) is 6.10 Å². The number of hydrogen-bond donors (Lipinski definition) is 1. The number of carbonyl (C=O) groups excluding carboxylic acids is 2. The SMILES string of the molecule is CC(=O)[C@@H]1[C@@H](O)C[C@H]2[C@H]3CCC4=CC(=O)C[C@@]4(C)[C@@H]3CC[C@]12C. The summed E-state index contributed by atoms with van der Waals surface area (Å²) >= 11 is 0. The van der Waals surface area contributed by atoms with Crippen molar-refractivity contribution < 1.29 is 14.7 Å². The molecule has 0 radical (unpaired) electrons. The van der Waals surface area contributed by atoms with Crippen LogP contribution in [0.3, 0.4) is 0 Å². The minimum Gasteiger partial charge on any atom is -0.392 e. The van der Waals surface area contributed by atoms with E-state index in [1.54, 1.807) is 6.92 Å². The lowest BCUT2D eigenvalue weighted by Gasteiger charge is -2.56. The Morgan fingerprint density at radius 2 is 2.00 bits per heavy atom. The second-order valence-electron chi connectivity index (χ2n) is 9.08. The van der Waals surface area contributed by atoms with Gasteiger partial charge in [0, 0.05) is 12.3 Å². The van der Waals surface area contributed by atoms with Crippen LogP contribution in [-0.2, 0) is 9.59 Å². The number of Topliss-reactive ketones (excluding diaryl/α,β-unsaturated/α-hetero) is 1. The number of carbonyl (C=O) groups is 2. The second kappa shape index (κ2) is 4.78. The van der Waals surface area contributed by atoms with Crippen LogP contribution in [0.15, 0.2) is 11.6 Å². The Bertz CT molecular complexity index is 606. The normalized spacial score (nSPS) is 51.7. The van der Waals surface area contributed by atoms with E-state index in [9.17, 15) is 14.7 Å². The van der Waals surface area contributed by atoms with Crippen molar-refractivity contribution in [2.75, 3.05) is 0 Å². The molecular formula is C20H28O3. The maximum absolute atomic E-state index is 12.2. The number of aliphatic hydroxyl groups is 1. The second-order valence-corrected chi connectivity index (χ2v) is 9.08. The van der Waals surface area contributed by atoms with E-state index in [2.05, 4.69) is 13.8 Å². The lowest BCUT2D eigenvalue weighted by atomic mass is 9.48. The summed E-state index contributed by atoms with van der Waals surface area (Å²) in [5.41, 5.74) is 1.36. The van der Waals surface area contributed by atoms with Gasteiger partial charge in [0.25, 0.3) is 0 Å². The predicted octanol–water partition coefficient (Wildman–Crippen LogP) is 3.30. The molecule has 0 saturated heterocycles. The van der Waals surface area contributed by atoms with Gasteiger partial charge < -0.3 is 5.11 Å². The van der Waals surface area contributed by atoms with Gasteiger partial charge in [-0.05, 0) is 73.7 Å². The number of aliphatic hydroxyl groups excluding tert-OH is 1. The number of allylic oxidation sites excluding steroid dienone is 2. The molecule has 3 nitrogen and oxygen atoms in total. The molecule has 0 amide bonds. The monoisotopic (exact) mass is 316 g/mol. The summed E-state index contributed by atoms with van der Waals surface area (Å²) in [6, 6.07) is 0. The highest BCUT2D eigenvalue weighted by atomic mass is 16.3. The molecule has 4 rings (SSSR count). The summed E-state index contributed by atoms with van der Waals surface area (Å²) in [7, 11) is 0. The molecule has 0 spiro atoms. The van der Waals surface area contributed by atoms with Crippen molar-refractivity contribution in [2.24, 2.45) is 34.5 Å². The van der Waals surface area contributed by atoms with E-state index in [0.717, 1.165) is 32.1 Å². The van der Waals surface area contributed by atoms with Crippen LogP contribution in [0.25, 0.3) is 0 Å². The fraction of sp³-hybridized carbons (Fsp3) is 0.800. The number of hydrogen-bond acceptors (Lipinski definition) is 3. The molecule has 0 aromatic heterocycles. The third kappa shape index (κ3) is 1.92. The Labute approximate surface area is 138 Å². The molecule has 0 aromatic rings. The van der Waals surface area contributed by atoms with Crippen molar-refractivity contribution in [2.45, 2.75) is 65.4 Å². The molecule has 0 aromatic carbocycles. The standard InChI is InChI=1S/C20H28O3/c1-11(21)18-17(23)9-16-14-5-4-12-8-13(22)10-20(12,3)15(14)6-7-19(16,18)2/h8,14-18,23H,4-7,9-10H2,1-3H3/t14-,15+,16-,17-,18+,19-,20+/m0/s1.